The molecular formula is C14H14O4. The Morgan fingerprint density at radius 2 is 2.11 bits per heavy atom. The SMILES string of the molecule is Cc1cc2c(C)c(O)c3c(c2o1)[C@H](O)CCC3=O. The van der Waals surface area contributed by atoms with E-state index in [-0.39, 0.29) is 23.5 Å². The fourth-order valence-corrected chi connectivity index (χ4v) is 2.69. The van der Waals surface area contributed by atoms with Crippen molar-refractivity contribution in [1.82, 2.24) is 0 Å². The van der Waals surface area contributed by atoms with Crippen LogP contribution >= 0.6 is 0 Å². The third-order valence-electron chi connectivity index (χ3n) is 3.62. The van der Waals surface area contributed by atoms with Crippen LogP contribution in [0.1, 0.15) is 46.2 Å². The van der Waals surface area contributed by atoms with Crippen molar-refractivity contribution in [1.29, 1.82) is 0 Å². The molecule has 0 fully saturated rings. The van der Waals surface area contributed by atoms with Crippen LogP contribution in [0.3, 0.4) is 0 Å². The molecule has 0 amide bonds. The van der Waals surface area contributed by atoms with Crippen LogP contribution in [0.5, 0.6) is 5.75 Å². The molecule has 0 radical (unpaired) electrons. The summed E-state index contributed by atoms with van der Waals surface area (Å²) in [6.45, 7) is 3.56. The monoisotopic (exact) mass is 246 g/mol. The van der Waals surface area contributed by atoms with Gasteiger partial charge in [-0.3, -0.25) is 4.79 Å². The van der Waals surface area contributed by atoms with Gasteiger partial charge < -0.3 is 14.6 Å². The van der Waals surface area contributed by atoms with E-state index in [4.69, 9.17) is 4.42 Å². The molecule has 3 rings (SSSR count). The first-order valence-corrected chi connectivity index (χ1v) is 5.97. The zero-order valence-corrected chi connectivity index (χ0v) is 10.3. The van der Waals surface area contributed by atoms with Gasteiger partial charge in [0.25, 0.3) is 0 Å². The lowest BCUT2D eigenvalue weighted by Gasteiger charge is -2.22. The smallest absolute Gasteiger partial charge is 0.167 e. The van der Waals surface area contributed by atoms with Crippen LogP contribution in [0.15, 0.2) is 10.5 Å². The number of hydrogen-bond acceptors (Lipinski definition) is 4. The molecule has 0 saturated carbocycles. The zero-order valence-electron chi connectivity index (χ0n) is 10.3. The number of aromatic hydroxyl groups is 1. The molecule has 0 saturated heterocycles. The van der Waals surface area contributed by atoms with Gasteiger partial charge in [0.15, 0.2) is 5.78 Å². The lowest BCUT2D eigenvalue weighted by molar-refractivity contribution is 0.0893. The Labute approximate surface area is 104 Å². The summed E-state index contributed by atoms with van der Waals surface area (Å²) in [5, 5.41) is 21.0. The second-order valence-corrected chi connectivity index (χ2v) is 4.84. The van der Waals surface area contributed by atoms with E-state index in [1.165, 1.54) is 0 Å². The van der Waals surface area contributed by atoms with Crippen molar-refractivity contribution in [2.45, 2.75) is 32.8 Å². The highest BCUT2D eigenvalue weighted by Crippen LogP contribution is 2.43. The Bertz CT molecular complexity index is 666. The molecule has 1 aliphatic carbocycles. The van der Waals surface area contributed by atoms with Crippen LogP contribution in [-0.2, 0) is 0 Å². The molecule has 2 aromatic rings. The maximum atomic E-state index is 11.9. The molecule has 18 heavy (non-hydrogen) atoms. The van der Waals surface area contributed by atoms with Gasteiger partial charge in [-0.05, 0) is 26.3 Å². The lowest BCUT2D eigenvalue weighted by atomic mass is 9.85. The molecule has 0 unspecified atom stereocenters. The fraction of sp³-hybridized carbons (Fsp3) is 0.357. The number of aliphatic hydroxyl groups excluding tert-OH is 1. The minimum atomic E-state index is -0.753. The van der Waals surface area contributed by atoms with E-state index in [2.05, 4.69) is 0 Å². The normalized spacial score (nSPS) is 19.3. The number of Topliss-reactive ketones (excluding diaryl/α,β-unsaturated/α-hetero) is 1. The molecule has 1 aromatic carbocycles. The lowest BCUT2D eigenvalue weighted by Crippen LogP contribution is -2.16. The second kappa shape index (κ2) is 3.59. The van der Waals surface area contributed by atoms with Gasteiger partial charge in [0.1, 0.15) is 17.1 Å². The number of phenolic OH excluding ortho intramolecular Hbond substituents is 1. The molecule has 1 aromatic heterocycles. The number of aryl methyl sites for hydroxylation is 2. The Balaban J connectivity index is 2.51. The minimum absolute atomic E-state index is 0.0259. The van der Waals surface area contributed by atoms with E-state index in [9.17, 15) is 15.0 Å². The molecule has 94 valence electrons. The van der Waals surface area contributed by atoms with E-state index in [1.807, 2.05) is 6.07 Å². The first kappa shape index (κ1) is 11.3. The van der Waals surface area contributed by atoms with Gasteiger partial charge in [0.2, 0.25) is 0 Å². The topological polar surface area (TPSA) is 70.7 Å². The van der Waals surface area contributed by atoms with Gasteiger partial charge in [-0.25, -0.2) is 0 Å². The molecular weight excluding hydrogens is 232 g/mol. The molecule has 4 heteroatoms. The summed E-state index contributed by atoms with van der Waals surface area (Å²) in [5.74, 6) is 0.542. The van der Waals surface area contributed by atoms with Crippen molar-refractivity contribution < 1.29 is 19.4 Å². The summed E-state index contributed by atoms with van der Waals surface area (Å²) in [6, 6.07) is 1.82. The molecule has 1 aliphatic rings. The summed E-state index contributed by atoms with van der Waals surface area (Å²) in [5.41, 5.74) is 1.83. The summed E-state index contributed by atoms with van der Waals surface area (Å²) >= 11 is 0. The predicted octanol–water partition coefficient (Wildman–Crippen LogP) is 2.77. The number of hydrogen-bond donors (Lipinski definition) is 2. The van der Waals surface area contributed by atoms with Gasteiger partial charge >= 0.3 is 0 Å². The van der Waals surface area contributed by atoms with E-state index in [0.29, 0.717) is 28.9 Å². The molecule has 2 N–H and O–H groups in total. The van der Waals surface area contributed by atoms with Crippen LogP contribution < -0.4 is 0 Å². The van der Waals surface area contributed by atoms with Crippen LogP contribution in [0.2, 0.25) is 0 Å². The maximum absolute atomic E-state index is 11.9. The standard InChI is InChI=1S/C14H14O4/c1-6-5-8-7(2)13(17)11-9(15)3-4-10(16)12(11)14(8)18-6/h5,10,16-17H,3-4H2,1-2H3/t10-/m1/s1. The highest BCUT2D eigenvalue weighted by molar-refractivity contribution is 6.06. The number of furan rings is 1. The second-order valence-electron chi connectivity index (χ2n) is 4.84. The first-order valence-electron chi connectivity index (χ1n) is 5.97. The Morgan fingerprint density at radius 3 is 2.83 bits per heavy atom. The highest BCUT2D eigenvalue weighted by Gasteiger charge is 2.32. The Kier molecular flexibility index (Phi) is 2.25. The van der Waals surface area contributed by atoms with E-state index in [1.54, 1.807) is 13.8 Å². The summed E-state index contributed by atoms with van der Waals surface area (Å²) in [4.78, 5) is 11.9. The average Bonchev–Trinajstić information content (AvgIpc) is 2.71. The molecule has 0 aliphatic heterocycles. The van der Waals surface area contributed by atoms with Crippen LogP contribution in [0, 0.1) is 13.8 Å². The first-order chi connectivity index (χ1) is 8.50. The Hall–Kier alpha value is -1.81. The van der Waals surface area contributed by atoms with Crippen molar-refractivity contribution in [2.75, 3.05) is 0 Å². The molecule has 0 bridgehead atoms. The van der Waals surface area contributed by atoms with E-state index in [0.717, 1.165) is 5.39 Å². The number of carbonyl (C=O) groups excluding carboxylic acids is 1. The van der Waals surface area contributed by atoms with Crippen molar-refractivity contribution in [3.63, 3.8) is 0 Å². The van der Waals surface area contributed by atoms with Crippen LogP contribution in [-0.4, -0.2) is 16.0 Å². The molecule has 1 atom stereocenters. The number of rotatable bonds is 0. The van der Waals surface area contributed by atoms with Crippen LogP contribution in [0.4, 0.5) is 0 Å². The van der Waals surface area contributed by atoms with Crippen molar-refractivity contribution in [3.8, 4) is 5.75 Å². The van der Waals surface area contributed by atoms with Crippen LogP contribution in [0.25, 0.3) is 11.0 Å². The third kappa shape index (κ3) is 1.32. The third-order valence-corrected chi connectivity index (χ3v) is 3.62. The fourth-order valence-electron chi connectivity index (χ4n) is 2.69. The van der Waals surface area contributed by atoms with Crippen molar-refractivity contribution in [3.05, 3.63) is 28.5 Å². The number of carbonyl (C=O) groups is 1. The Morgan fingerprint density at radius 1 is 1.39 bits per heavy atom. The van der Waals surface area contributed by atoms with Gasteiger partial charge in [-0.15, -0.1) is 0 Å². The highest BCUT2D eigenvalue weighted by atomic mass is 16.3. The van der Waals surface area contributed by atoms with E-state index >= 15 is 0 Å². The number of phenols is 1. The summed E-state index contributed by atoms with van der Waals surface area (Å²) in [7, 11) is 0. The maximum Gasteiger partial charge on any atom is 0.167 e. The molecule has 0 spiro atoms. The molecule has 1 heterocycles. The van der Waals surface area contributed by atoms with Gasteiger partial charge in [-0.2, -0.15) is 0 Å². The molecule has 4 nitrogen and oxygen atoms in total. The van der Waals surface area contributed by atoms with Gasteiger partial charge in [0, 0.05) is 22.9 Å². The van der Waals surface area contributed by atoms with Gasteiger partial charge in [-0.1, -0.05) is 0 Å². The predicted molar refractivity (Wildman–Crippen MR) is 65.9 cm³/mol. The number of ketones is 1. The zero-order chi connectivity index (χ0) is 13.0. The van der Waals surface area contributed by atoms with Gasteiger partial charge in [0.05, 0.1) is 11.7 Å². The van der Waals surface area contributed by atoms with Crippen molar-refractivity contribution >= 4 is 16.8 Å². The number of benzene rings is 1. The minimum Gasteiger partial charge on any atom is -0.507 e. The quantitative estimate of drug-likeness (QED) is 0.749. The largest absolute Gasteiger partial charge is 0.507 e. The van der Waals surface area contributed by atoms with Crippen molar-refractivity contribution in [2.24, 2.45) is 0 Å². The summed E-state index contributed by atoms with van der Waals surface area (Å²) < 4.78 is 5.60. The summed E-state index contributed by atoms with van der Waals surface area (Å²) in [6.07, 6.45) is -0.118. The average molecular weight is 246 g/mol. The number of aliphatic hydroxyl groups is 1. The van der Waals surface area contributed by atoms with E-state index < -0.39 is 6.10 Å². The number of fused-ring (bicyclic) bond motifs is 3.